The second-order valence-corrected chi connectivity index (χ2v) is 16.1. The Kier molecular flexibility index (Phi) is 7.12. The molecule has 0 aliphatic heterocycles. The van der Waals surface area contributed by atoms with Crippen LogP contribution in [0.15, 0.2) is 164 Å². The molecule has 0 N–H and O–H groups in total. The number of pyridine rings is 1. The van der Waals surface area contributed by atoms with Gasteiger partial charge in [-0.3, -0.25) is 4.57 Å². The van der Waals surface area contributed by atoms with Gasteiger partial charge < -0.3 is 0 Å². The third-order valence-corrected chi connectivity index (χ3v) is 11.7. The van der Waals surface area contributed by atoms with E-state index in [0.717, 1.165) is 22.5 Å². The standard InChI is InChI=1S/C50H43N4/c1-33(2)52-32-53(46-24-13-12-23-45(46)52)37-16-14-15-35(29-37)50(42-20-9-6-17-38(42)39-18-7-10-21-43(39)50)36-25-26-41-40-19-8-11-22-44(40)54(47(41)30-36)48-31-34(27-28-51-48)49(3,4)5/h6-33H,1-5H3/q+1. The average molecular weight is 700 g/mol. The molecule has 0 radical (unpaired) electrons. The van der Waals surface area contributed by atoms with Crippen molar-refractivity contribution < 1.29 is 4.57 Å². The van der Waals surface area contributed by atoms with Gasteiger partial charge in [0, 0.05) is 17.0 Å². The zero-order valence-corrected chi connectivity index (χ0v) is 31.5. The summed E-state index contributed by atoms with van der Waals surface area (Å²) in [6.07, 6.45) is 4.23. The van der Waals surface area contributed by atoms with E-state index in [1.807, 2.05) is 6.20 Å². The van der Waals surface area contributed by atoms with Crippen molar-refractivity contribution in [3.8, 4) is 22.6 Å². The second kappa shape index (κ2) is 11.9. The topological polar surface area (TPSA) is 26.6 Å². The maximum absolute atomic E-state index is 5.01. The molecular weight excluding hydrogens is 657 g/mol. The minimum atomic E-state index is -0.573. The monoisotopic (exact) mass is 699 g/mol. The Bertz CT molecular complexity index is 2870. The van der Waals surface area contributed by atoms with Gasteiger partial charge in [0.2, 0.25) is 6.33 Å². The van der Waals surface area contributed by atoms with Crippen LogP contribution in [0.2, 0.25) is 0 Å². The summed E-state index contributed by atoms with van der Waals surface area (Å²) in [6, 6.07) is 56.6. The highest BCUT2D eigenvalue weighted by atomic mass is 15.1. The zero-order chi connectivity index (χ0) is 36.8. The SMILES string of the molecule is CC(C)[n+]1cn(-c2cccc(C3(c4ccc5c6ccccc6n(-c6cc(C(C)(C)C)ccn6)c5c4)c4ccccc4-c4ccccc43)c2)c2ccccc21. The Hall–Kier alpha value is -6.26. The summed E-state index contributed by atoms with van der Waals surface area (Å²) in [5.74, 6) is 0.937. The molecule has 1 aliphatic carbocycles. The lowest BCUT2D eigenvalue weighted by atomic mass is 9.67. The highest BCUT2D eigenvalue weighted by Crippen LogP contribution is 2.56. The van der Waals surface area contributed by atoms with E-state index >= 15 is 0 Å². The highest BCUT2D eigenvalue weighted by Gasteiger charge is 2.46. The number of benzene rings is 6. The van der Waals surface area contributed by atoms with Crippen molar-refractivity contribution in [3.63, 3.8) is 0 Å². The lowest BCUT2D eigenvalue weighted by molar-refractivity contribution is -0.691. The number of aromatic nitrogens is 4. The summed E-state index contributed by atoms with van der Waals surface area (Å²) >= 11 is 0. The van der Waals surface area contributed by atoms with E-state index in [1.54, 1.807) is 0 Å². The van der Waals surface area contributed by atoms with E-state index in [2.05, 4.69) is 206 Å². The van der Waals surface area contributed by atoms with E-state index in [4.69, 9.17) is 4.98 Å². The van der Waals surface area contributed by atoms with Gasteiger partial charge in [0.1, 0.15) is 11.5 Å². The van der Waals surface area contributed by atoms with Crippen molar-refractivity contribution >= 4 is 32.8 Å². The maximum Gasteiger partial charge on any atom is 0.250 e. The Morgan fingerprint density at radius 2 is 1.24 bits per heavy atom. The van der Waals surface area contributed by atoms with Crippen molar-refractivity contribution in [3.05, 3.63) is 192 Å². The number of imidazole rings is 1. The predicted octanol–water partition coefficient (Wildman–Crippen LogP) is 11.7. The molecule has 6 aromatic carbocycles. The maximum atomic E-state index is 5.01. The molecule has 1 aliphatic rings. The van der Waals surface area contributed by atoms with Crippen LogP contribution in [0.3, 0.4) is 0 Å². The van der Waals surface area contributed by atoms with E-state index < -0.39 is 5.41 Å². The molecule has 262 valence electrons. The molecule has 0 spiro atoms. The van der Waals surface area contributed by atoms with Crippen LogP contribution in [0.5, 0.6) is 0 Å². The van der Waals surface area contributed by atoms with Gasteiger partial charge in [-0.25, -0.2) is 9.55 Å². The van der Waals surface area contributed by atoms with E-state index in [0.29, 0.717) is 6.04 Å². The van der Waals surface area contributed by atoms with Crippen LogP contribution in [0.4, 0.5) is 0 Å². The number of fused-ring (bicyclic) bond motifs is 7. The molecule has 4 heteroatoms. The number of hydrogen-bond acceptors (Lipinski definition) is 1. The van der Waals surface area contributed by atoms with Crippen LogP contribution in [-0.4, -0.2) is 14.1 Å². The van der Waals surface area contributed by atoms with Gasteiger partial charge in [-0.2, -0.15) is 4.57 Å². The molecular formula is C50H43N4+. The molecule has 3 heterocycles. The van der Waals surface area contributed by atoms with Gasteiger partial charge in [0.25, 0.3) is 0 Å². The van der Waals surface area contributed by atoms with E-state index in [9.17, 15) is 0 Å². The van der Waals surface area contributed by atoms with Gasteiger partial charge in [-0.15, -0.1) is 0 Å². The summed E-state index contributed by atoms with van der Waals surface area (Å²) < 4.78 is 7.10. The van der Waals surface area contributed by atoms with Crippen LogP contribution in [0, 0.1) is 0 Å². The van der Waals surface area contributed by atoms with Crippen molar-refractivity contribution in [2.45, 2.75) is 51.5 Å². The number of rotatable bonds is 5. The summed E-state index contributed by atoms with van der Waals surface area (Å²) in [6.45, 7) is 11.3. The lowest BCUT2D eigenvalue weighted by Crippen LogP contribution is -2.34. The molecule has 9 aromatic rings. The molecule has 4 nitrogen and oxygen atoms in total. The fourth-order valence-corrected chi connectivity index (χ4v) is 9.12. The third-order valence-electron chi connectivity index (χ3n) is 11.7. The smallest absolute Gasteiger partial charge is 0.250 e. The number of nitrogens with zero attached hydrogens (tertiary/aromatic N) is 4. The van der Waals surface area contributed by atoms with Gasteiger partial charge in [0.15, 0.2) is 11.0 Å². The van der Waals surface area contributed by atoms with E-state index in [-0.39, 0.29) is 5.41 Å². The van der Waals surface area contributed by atoms with E-state index in [1.165, 1.54) is 60.8 Å². The molecule has 0 unspecified atom stereocenters. The summed E-state index contributed by atoms with van der Waals surface area (Å²) in [4.78, 5) is 5.01. The quantitative estimate of drug-likeness (QED) is 0.164. The molecule has 0 bridgehead atoms. The first-order valence-electron chi connectivity index (χ1n) is 19.1. The highest BCUT2D eigenvalue weighted by molar-refractivity contribution is 6.09. The van der Waals surface area contributed by atoms with Gasteiger partial charge >= 0.3 is 0 Å². The first kappa shape index (κ1) is 32.4. The average Bonchev–Trinajstić information content (AvgIpc) is 3.85. The van der Waals surface area contributed by atoms with Crippen molar-refractivity contribution in [1.29, 1.82) is 0 Å². The third kappa shape index (κ3) is 4.62. The van der Waals surface area contributed by atoms with Gasteiger partial charge in [-0.1, -0.05) is 124 Å². The van der Waals surface area contributed by atoms with Crippen molar-refractivity contribution in [2.75, 3.05) is 0 Å². The van der Waals surface area contributed by atoms with Crippen LogP contribution < -0.4 is 4.57 Å². The molecule has 0 atom stereocenters. The molecule has 54 heavy (non-hydrogen) atoms. The molecule has 3 aromatic heterocycles. The Labute approximate surface area is 316 Å². The van der Waals surface area contributed by atoms with Crippen LogP contribution >= 0.6 is 0 Å². The Morgan fingerprint density at radius 3 is 1.98 bits per heavy atom. The summed E-state index contributed by atoms with van der Waals surface area (Å²) in [5.41, 5.74) is 14.2. The molecule has 0 saturated heterocycles. The first-order chi connectivity index (χ1) is 26.2. The zero-order valence-electron chi connectivity index (χ0n) is 31.5. The van der Waals surface area contributed by atoms with Crippen LogP contribution in [-0.2, 0) is 10.8 Å². The summed E-state index contributed by atoms with van der Waals surface area (Å²) in [5, 5.41) is 2.45. The number of para-hydroxylation sites is 3. The van der Waals surface area contributed by atoms with Crippen molar-refractivity contribution in [1.82, 2.24) is 14.1 Å². The van der Waals surface area contributed by atoms with Gasteiger partial charge in [-0.05, 0) is 107 Å². The van der Waals surface area contributed by atoms with Crippen molar-refractivity contribution in [2.24, 2.45) is 0 Å². The lowest BCUT2D eigenvalue weighted by Gasteiger charge is -2.34. The van der Waals surface area contributed by atoms with Gasteiger partial charge in [0.05, 0.1) is 22.5 Å². The Balaban J connectivity index is 1.29. The van der Waals surface area contributed by atoms with Crippen LogP contribution in [0.25, 0.3) is 55.5 Å². The summed E-state index contributed by atoms with van der Waals surface area (Å²) in [7, 11) is 0. The normalized spacial score (nSPS) is 13.6. The minimum absolute atomic E-state index is 0.00651. The molecule has 0 amide bonds. The molecule has 0 saturated carbocycles. The second-order valence-electron chi connectivity index (χ2n) is 16.1. The molecule has 10 rings (SSSR count). The fraction of sp³-hybridized carbons (Fsp3) is 0.160. The van der Waals surface area contributed by atoms with Crippen LogP contribution in [0.1, 0.15) is 68.5 Å². The number of hydrogen-bond donors (Lipinski definition) is 0. The largest absolute Gasteiger partial charge is 0.294 e. The minimum Gasteiger partial charge on any atom is -0.294 e. The molecule has 0 fully saturated rings. The Morgan fingerprint density at radius 1 is 0.593 bits per heavy atom. The fourth-order valence-electron chi connectivity index (χ4n) is 9.12. The first-order valence-corrected chi connectivity index (χ1v) is 19.1. The predicted molar refractivity (Wildman–Crippen MR) is 222 cm³/mol.